The van der Waals surface area contributed by atoms with E-state index >= 15 is 0 Å². The van der Waals surface area contributed by atoms with Gasteiger partial charge in [-0.05, 0) is 36.6 Å². The quantitative estimate of drug-likeness (QED) is 0.876. The van der Waals surface area contributed by atoms with E-state index in [1.165, 1.54) is 0 Å². The van der Waals surface area contributed by atoms with Crippen LogP contribution in [0.5, 0.6) is 0 Å². The summed E-state index contributed by atoms with van der Waals surface area (Å²) < 4.78 is 0.959. The predicted molar refractivity (Wildman–Crippen MR) is 72.4 cm³/mol. The molecule has 0 radical (unpaired) electrons. The summed E-state index contributed by atoms with van der Waals surface area (Å²) in [4.78, 5) is 22.5. The molecule has 1 amide bonds. The van der Waals surface area contributed by atoms with Crippen molar-refractivity contribution in [1.29, 1.82) is 0 Å². The Morgan fingerprint density at radius 2 is 2.11 bits per heavy atom. The van der Waals surface area contributed by atoms with Crippen molar-refractivity contribution in [2.45, 2.75) is 32.7 Å². The maximum Gasteiger partial charge on any atom is 0.326 e. The first-order valence-electron chi connectivity index (χ1n) is 5.71. The van der Waals surface area contributed by atoms with Crippen molar-refractivity contribution < 1.29 is 14.7 Å². The number of nitrogens with one attached hydrogen (secondary N) is 1. The van der Waals surface area contributed by atoms with Gasteiger partial charge in [-0.25, -0.2) is 4.79 Å². The van der Waals surface area contributed by atoms with Crippen molar-refractivity contribution in [2.75, 3.05) is 0 Å². The van der Waals surface area contributed by atoms with E-state index in [2.05, 4.69) is 21.2 Å². The second kappa shape index (κ2) is 6.54. The molecule has 1 aromatic carbocycles. The van der Waals surface area contributed by atoms with E-state index in [-0.39, 0.29) is 12.3 Å². The number of carboxylic acids is 1. The first-order chi connectivity index (χ1) is 8.43. The smallest absolute Gasteiger partial charge is 0.326 e. The molecule has 0 aliphatic heterocycles. The molecule has 1 rings (SSSR count). The minimum atomic E-state index is -1.00. The number of hydrogen-bond acceptors (Lipinski definition) is 2. The molecule has 0 aliphatic carbocycles. The number of benzene rings is 1. The highest BCUT2D eigenvalue weighted by atomic mass is 79.9. The van der Waals surface area contributed by atoms with E-state index < -0.39 is 12.0 Å². The number of halogens is 1. The molecule has 0 spiro atoms. The van der Waals surface area contributed by atoms with Gasteiger partial charge in [-0.1, -0.05) is 28.9 Å². The van der Waals surface area contributed by atoms with Crippen LogP contribution in [0.15, 0.2) is 22.7 Å². The third kappa shape index (κ3) is 4.14. The van der Waals surface area contributed by atoms with Crippen LogP contribution in [0, 0.1) is 6.92 Å². The minimum Gasteiger partial charge on any atom is -0.480 e. The number of hydrogen-bond donors (Lipinski definition) is 2. The lowest BCUT2D eigenvalue weighted by Gasteiger charge is -2.13. The lowest BCUT2D eigenvalue weighted by atomic mass is 10.1. The Bertz CT molecular complexity index is 460. The van der Waals surface area contributed by atoms with Gasteiger partial charge < -0.3 is 10.4 Å². The second-order valence-electron chi connectivity index (χ2n) is 4.11. The fourth-order valence-electron chi connectivity index (χ4n) is 1.61. The SMILES string of the molecule is CCC(NC(=O)Cc1ccc(Br)cc1C)C(=O)O. The third-order valence-electron chi connectivity index (χ3n) is 2.70. The maximum atomic E-state index is 11.7. The molecule has 5 heteroatoms. The van der Waals surface area contributed by atoms with Crippen molar-refractivity contribution in [3.05, 3.63) is 33.8 Å². The molecular formula is C13H16BrNO3. The number of rotatable bonds is 5. The van der Waals surface area contributed by atoms with E-state index in [0.717, 1.165) is 15.6 Å². The molecule has 4 nitrogen and oxygen atoms in total. The molecule has 0 aromatic heterocycles. The van der Waals surface area contributed by atoms with E-state index in [4.69, 9.17) is 5.11 Å². The van der Waals surface area contributed by atoms with Gasteiger partial charge in [-0.2, -0.15) is 0 Å². The molecule has 0 saturated heterocycles. The van der Waals surface area contributed by atoms with Crippen molar-refractivity contribution >= 4 is 27.8 Å². The summed E-state index contributed by atoms with van der Waals surface area (Å²) in [5, 5.41) is 11.4. The van der Waals surface area contributed by atoms with Crippen LogP contribution in [0.3, 0.4) is 0 Å². The Kier molecular flexibility index (Phi) is 5.34. The summed E-state index contributed by atoms with van der Waals surface area (Å²) in [6.07, 6.45) is 0.573. The number of carbonyl (C=O) groups excluding carboxylic acids is 1. The summed E-state index contributed by atoms with van der Waals surface area (Å²) in [6, 6.07) is 4.84. The Labute approximate surface area is 115 Å². The fourth-order valence-corrected chi connectivity index (χ4v) is 2.09. The zero-order valence-electron chi connectivity index (χ0n) is 10.4. The van der Waals surface area contributed by atoms with Crippen molar-refractivity contribution in [3.63, 3.8) is 0 Å². The molecule has 1 aromatic rings. The van der Waals surface area contributed by atoms with E-state index in [0.29, 0.717) is 6.42 Å². The van der Waals surface area contributed by atoms with Gasteiger partial charge in [0.25, 0.3) is 0 Å². The van der Waals surface area contributed by atoms with Crippen LogP contribution in [-0.2, 0) is 16.0 Å². The number of aryl methyl sites for hydroxylation is 1. The van der Waals surface area contributed by atoms with Gasteiger partial charge >= 0.3 is 5.97 Å². The van der Waals surface area contributed by atoms with Crippen LogP contribution in [0.25, 0.3) is 0 Å². The van der Waals surface area contributed by atoms with Gasteiger partial charge in [0.1, 0.15) is 6.04 Å². The largest absolute Gasteiger partial charge is 0.480 e. The average molecular weight is 314 g/mol. The lowest BCUT2D eigenvalue weighted by molar-refractivity contribution is -0.141. The number of aliphatic carboxylic acids is 1. The fraction of sp³-hybridized carbons (Fsp3) is 0.385. The molecule has 0 bridgehead atoms. The molecular weight excluding hydrogens is 298 g/mol. The van der Waals surface area contributed by atoms with Crippen molar-refractivity contribution in [1.82, 2.24) is 5.32 Å². The first-order valence-corrected chi connectivity index (χ1v) is 6.50. The van der Waals surface area contributed by atoms with Crippen LogP contribution in [0.2, 0.25) is 0 Å². The molecule has 98 valence electrons. The Balaban J connectivity index is 2.67. The molecule has 0 saturated carbocycles. The summed E-state index contributed by atoms with van der Waals surface area (Å²) in [6.45, 7) is 3.64. The summed E-state index contributed by atoms with van der Waals surface area (Å²) in [7, 11) is 0. The van der Waals surface area contributed by atoms with E-state index in [9.17, 15) is 9.59 Å². The zero-order valence-corrected chi connectivity index (χ0v) is 12.0. The van der Waals surface area contributed by atoms with Crippen molar-refractivity contribution in [3.8, 4) is 0 Å². The van der Waals surface area contributed by atoms with Crippen LogP contribution < -0.4 is 5.32 Å². The van der Waals surface area contributed by atoms with E-state index in [1.807, 2.05) is 25.1 Å². The van der Waals surface area contributed by atoms with Gasteiger partial charge in [-0.3, -0.25) is 4.79 Å². The maximum absolute atomic E-state index is 11.7. The third-order valence-corrected chi connectivity index (χ3v) is 3.19. The Morgan fingerprint density at radius 3 is 2.61 bits per heavy atom. The molecule has 0 aliphatic rings. The standard InChI is InChI=1S/C13H16BrNO3/c1-3-11(13(17)18)15-12(16)7-9-4-5-10(14)6-8(9)2/h4-6,11H,3,7H2,1-2H3,(H,15,16)(H,17,18). The highest BCUT2D eigenvalue weighted by molar-refractivity contribution is 9.10. The zero-order chi connectivity index (χ0) is 13.7. The molecule has 0 fully saturated rings. The topological polar surface area (TPSA) is 66.4 Å². The molecule has 1 atom stereocenters. The monoisotopic (exact) mass is 313 g/mol. The van der Waals surface area contributed by atoms with Crippen LogP contribution in [0.1, 0.15) is 24.5 Å². The highest BCUT2D eigenvalue weighted by Gasteiger charge is 2.17. The van der Waals surface area contributed by atoms with Crippen LogP contribution in [-0.4, -0.2) is 23.0 Å². The number of carbonyl (C=O) groups is 2. The van der Waals surface area contributed by atoms with E-state index in [1.54, 1.807) is 6.92 Å². The molecule has 0 heterocycles. The number of amides is 1. The van der Waals surface area contributed by atoms with Gasteiger partial charge in [0, 0.05) is 4.47 Å². The van der Waals surface area contributed by atoms with Gasteiger partial charge in [0.15, 0.2) is 0 Å². The molecule has 2 N–H and O–H groups in total. The molecule has 18 heavy (non-hydrogen) atoms. The van der Waals surface area contributed by atoms with Gasteiger partial charge in [-0.15, -0.1) is 0 Å². The van der Waals surface area contributed by atoms with Crippen LogP contribution >= 0.6 is 15.9 Å². The lowest BCUT2D eigenvalue weighted by Crippen LogP contribution is -2.41. The summed E-state index contributed by atoms with van der Waals surface area (Å²) in [5.41, 5.74) is 1.90. The van der Waals surface area contributed by atoms with Crippen molar-refractivity contribution in [2.24, 2.45) is 0 Å². The minimum absolute atomic E-state index is 0.197. The normalized spacial score (nSPS) is 11.9. The number of carboxylic acid groups (broad SMARTS) is 1. The Morgan fingerprint density at radius 1 is 1.44 bits per heavy atom. The summed E-state index contributed by atoms with van der Waals surface area (Å²) >= 11 is 3.35. The van der Waals surface area contributed by atoms with Gasteiger partial charge in [0.05, 0.1) is 6.42 Å². The van der Waals surface area contributed by atoms with Gasteiger partial charge in [0.2, 0.25) is 5.91 Å². The molecule has 1 unspecified atom stereocenters. The summed E-state index contributed by atoms with van der Waals surface area (Å²) in [5.74, 6) is -1.27. The first kappa shape index (κ1) is 14.7. The average Bonchev–Trinajstić information content (AvgIpc) is 2.29. The highest BCUT2D eigenvalue weighted by Crippen LogP contribution is 2.16. The predicted octanol–water partition coefficient (Wildman–Crippen LogP) is 2.28. The Hall–Kier alpha value is -1.36. The second-order valence-corrected chi connectivity index (χ2v) is 5.03. The van der Waals surface area contributed by atoms with Crippen LogP contribution in [0.4, 0.5) is 0 Å².